The van der Waals surface area contributed by atoms with Crippen molar-refractivity contribution in [3.05, 3.63) is 89.2 Å². The SMILES string of the molecule is CC(=O)Nc1ccc(/C=N/c2cc(C#Cc3ccccn3)ccc2C)cc1. The molecule has 0 saturated carbocycles. The zero-order valence-electron chi connectivity index (χ0n) is 15.2. The molecule has 0 fully saturated rings. The predicted octanol–water partition coefficient (Wildman–Crippen LogP) is 4.50. The number of aromatic nitrogens is 1. The maximum absolute atomic E-state index is 11.1. The predicted molar refractivity (Wildman–Crippen MR) is 109 cm³/mol. The maximum Gasteiger partial charge on any atom is 0.221 e. The molecular formula is C23H19N3O. The Kier molecular flexibility index (Phi) is 5.76. The molecule has 1 amide bonds. The van der Waals surface area contributed by atoms with Crippen molar-refractivity contribution in [2.75, 3.05) is 5.32 Å². The van der Waals surface area contributed by atoms with E-state index in [0.29, 0.717) is 0 Å². The van der Waals surface area contributed by atoms with Gasteiger partial charge in [0.15, 0.2) is 0 Å². The Morgan fingerprint density at radius 3 is 2.59 bits per heavy atom. The Labute approximate surface area is 159 Å². The molecule has 4 heteroatoms. The molecule has 1 aromatic heterocycles. The van der Waals surface area contributed by atoms with Gasteiger partial charge in [-0.3, -0.25) is 9.79 Å². The highest BCUT2D eigenvalue weighted by molar-refractivity contribution is 5.89. The van der Waals surface area contributed by atoms with E-state index in [-0.39, 0.29) is 5.91 Å². The van der Waals surface area contributed by atoms with Gasteiger partial charge in [-0.2, -0.15) is 0 Å². The number of pyridine rings is 1. The van der Waals surface area contributed by atoms with Gasteiger partial charge in [0.25, 0.3) is 0 Å². The number of hydrogen-bond donors (Lipinski definition) is 1. The van der Waals surface area contributed by atoms with E-state index in [0.717, 1.165) is 33.8 Å². The summed E-state index contributed by atoms with van der Waals surface area (Å²) in [5, 5.41) is 2.75. The van der Waals surface area contributed by atoms with E-state index in [2.05, 4.69) is 27.1 Å². The van der Waals surface area contributed by atoms with E-state index in [1.54, 1.807) is 12.4 Å². The third kappa shape index (κ3) is 5.38. The van der Waals surface area contributed by atoms with Gasteiger partial charge in [0, 0.05) is 30.6 Å². The molecule has 132 valence electrons. The number of nitrogens with one attached hydrogen (secondary N) is 1. The second kappa shape index (κ2) is 8.59. The van der Waals surface area contributed by atoms with Crippen LogP contribution in [0.2, 0.25) is 0 Å². The first kappa shape index (κ1) is 18.1. The number of carbonyl (C=O) groups is 1. The van der Waals surface area contributed by atoms with Crippen molar-refractivity contribution in [1.82, 2.24) is 4.98 Å². The van der Waals surface area contributed by atoms with Crippen molar-refractivity contribution < 1.29 is 4.79 Å². The van der Waals surface area contributed by atoms with Crippen molar-refractivity contribution in [2.45, 2.75) is 13.8 Å². The number of rotatable bonds is 3. The lowest BCUT2D eigenvalue weighted by Gasteiger charge is -2.03. The Morgan fingerprint density at radius 1 is 1.07 bits per heavy atom. The van der Waals surface area contributed by atoms with Crippen molar-refractivity contribution in [3.63, 3.8) is 0 Å². The molecule has 0 spiro atoms. The average Bonchev–Trinajstić information content (AvgIpc) is 2.68. The first-order chi connectivity index (χ1) is 13.1. The van der Waals surface area contributed by atoms with Crippen LogP contribution in [0.4, 0.5) is 11.4 Å². The molecule has 1 heterocycles. The molecule has 27 heavy (non-hydrogen) atoms. The molecule has 2 aromatic carbocycles. The van der Waals surface area contributed by atoms with Gasteiger partial charge in [0.2, 0.25) is 5.91 Å². The van der Waals surface area contributed by atoms with Gasteiger partial charge in [-0.15, -0.1) is 0 Å². The number of carbonyl (C=O) groups excluding carboxylic acids is 1. The van der Waals surface area contributed by atoms with Crippen LogP contribution in [0.3, 0.4) is 0 Å². The van der Waals surface area contributed by atoms with Crippen LogP contribution in [0.15, 0.2) is 71.9 Å². The van der Waals surface area contributed by atoms with E-state index in [4.69, 9.17) is 0 Å². The highest BCUT2D eigenvalue weighted by Gasteiger charge is 1.99. The highest BCUT2D eigenvalue weighted by atomic mass is 16.1. The standard InChI is InChI=1S/C23H19N3O/c1-17-6-7-19(8-11-21-5-3-4-14-24-21)15-23(17)25-16-20-9-12-22(13-10-20)26-18(2)27/h3-7,9-10,12-16H,1-2H3,(H,26,27)/b25-16+. The number of nitrogens with zero attached hydrogens (tertiary/aromatic N) is 2. The molecule has 4 nitrogen and oxygen atoms in total. The topological polar surface area (TPSA) is 54.4 Å². The minimum atomic E-state index is -0.0873. The summed E-state index contributed by atoms with van der Waals surface area (Å²) in [7, 11) is 0. The smallest absolute Gasteiger partial charge is 0.221 e. The number of hydrogen-bond acceptors (Lipinski definition) is 3. The second-order valence-electron chi connectivity index (χ2n) is 6.03. The molecule has 0 saturated heterocycles. The van der Waals surface area contributed by atoms with E-state index in [1.165, 1.54) is 6.92 Å². The minimum absolute atomic E-state index is 0.0873. The van der Waals surface area contributed by atoms with Crippen LogP contribution >= 0.6 is 0 Å². The number of amides is 1. The van der Waals surface area contributed by atoms with Crippen LogP contribution in [-0.4, -0.2) is 17.1 Å². The van der Waals surface area contributed by atoms with E-state index < -0.39 is 0 Å². The Morgan fingerprint density at radius 2 is 1.89 bits per heavy atom. The first-order valence-corrected chi connectivity index (χ1v) is 8.55. The zero-order valence-corrected chi connectivity index (χ0v) is 15.2. The van der Waals surface area contributed by atoms with Crippen molar-refractivity contribution in [2.24, 2.45) is 4.99 Å². The Hall–Kier alpha value is -3.71. The number of aryl methyl sites for hydroxylation is 1. The van der Waals surface area contributed by atoms with Crippen LogP contribution in [0.25, 0.3) is 0 Å². The fourth-order valence-electron chi connectivity index (χ4n) is 2.40. The van der Waals surface area contributed by atoms with Gasteiger partial charge >= 0.3 is 0 Å². The van der Waals surface area contributed by atoms with Crippen molar-refractivity contribution in [3.8, 4) is 11.8 Å². The summed E-state index contributed by atoms with van der Waals surface area (Å²) in [6.07, 6.45) is 3.53. The molecule has 0 radical (unpaired) electrons. The third-order valence-electron chi connectivity index (χ3n) is 3.79. The molecule has 3 rings (SSSR count). The Balaban J connectivity index is 1.77. The molecular weight excluding hydrogens is 334 g/mol. The number of benzene rings is 2. The molecule has 0 aliphatic carbocycles. The van der Waals surface area contributed by atoms with Gasteiger partial charge in [-0.25, -0.2) is 4.98 Å². The normalized spacial score (nSPS) is 10.3. The van der Waals surface area contributed by atoms with Crippen LogP contribution in [-0.2, 0) is 4.79 Å². The summed E-state index contributed by atoms with van der Waals surface area (Å²) < 4.78 is 0. The van der Waals surface area contributed by atoms with Crippen LogP contribution in [0, 0.1) is 18.8 Å². The molecule has 0 unspecified atom stereocenters. The van der Waals surface area contributed by atoms with Crippen molar-refractivity contribution in [1.29, 1.82) is 0 Å². The summed E-state index contributed by atoms with van der Waals surface area (Å²) in [4.78, 5) is 19.9. The van der Waals surface area contributed by atoms with E-state index >= 15 is 0 Å². The van der Waals surface area contributed by atoms with Gasteiger partial charge in [0.1, 0.15) is 5.69 Å². The second-order valence-corrected chi connectivity index (χ2v) is 6.03. The fraction of sp³-hybridized carbons (Fsp3) is 0.0870. The summed E-state index contributed by atoms with van der Waals surface area (Å²) in [5.41, 5.74) is 5.29. The quantitative estimate of drug-likeness (QED) is 0.557. The van der Waals surface area contributed by atoms with Gasteiger partial charge in [0.05, 0.1) is 5.69 Å². The monoisotopic (exact) mass is 353 g/mol. The lowest BCUT2D eigenvalue weighted by molar-refractivity contribution is -0.114. The van der Waals surface area contributed by atoms with Crippen LogP contribution in [0.5, 0.6) is 0 Å². The summed E-state index contributed by atoms with van der Waals surface area (Å²) in [5.74, 6) is 6.09. The molecule has 0 atom stereocenters. The summed E-state index contributed by atoms with van der Waals surface area (Å²) in [6.45, 7) is 3.50. The van der Waals surface area contributed by atoms with E-state index in [1.807, 2.05) is 67.6 Å². The Bertz CT molecular complexity index is 1030. The maximum atomic E-state index is 11.1. The molecule has 3 aromatic rings. The average molecular weight is 353 g/mol. The number of aliphatic imine (C=N–C) groups is 1. The molecule has 0 aliphatic heterocycles. The van der Waals surface area contributed by atoms with Gasteiger partial charge in [-0.05, 0) is 60.4 Å². The lowest BCUT2D eigenvalue weighted by atomic mass is 10.1. The minimum Gasteiger partial charge on any atom is -0.326 e. The van der Waals surface area contributed by atoms with Crippen molar-refractivity contribution >= 4 is 23.5 Å². The van der Waals surface area contributed by atoms with Gasteiger partial charge < -0.3 is 5.32 Å². The molecule has 0 bridgehead atoms. The highest BCUT2D eigenvalue weighted by Crippen LogP contribution is 2.20. The molecule has 0 aliphatic rings. The fourth-order valence-corrected chi connectivity index (χ4v) is 2.40. The third-order valence-corrected chi connectivity index (χ3v) is 3.79. The molecule has 1 N–H and O–H groups in total. The largest absolute Gasteiger partial charge is 0.326 e. The van der Waals surface area contributed by atoms with Crippen LogP contribution < -0.4 is 5.32 Å². The lowest BCUT2D eigenvalue weighted by Crippen LogP contribution is -2.05. The number of anilines is 1. The summed E-state index contributed by atoms with van der Waals surface area (Å²) in [6, 6.07) is 19.1. The summed E-state index contributed by atoms with van der Waals surface area (Å²) >= 11 is 0. The zero-order chi connectivity index (χ0) is 19.1. The van der Waals surface area contributed by atoms with Gasteiger partial charge in [-0.1, -0.05) is 30.2 Å². The first-order valence-electron chi connectivity index (χ1n) is 8.55. The van der Waals surface area contributed by atoms with E-state index in [9.17, 15) is 4.79 Å². The van der Waals surface area contributed by atoms with Crippen LogP contribution in [0.1, 0.15) is 29.3 Å².